The van der Waals surface area contributed by atoms with Crippen LogP contribution in [0.5, 0.6) is 5.75 Å². The van der Waals surface area contributed by atoms with E-state index in [0.717, 1.165) is 0 Å². The largest absolute Gasteiger partial charge is 0.496 e. The summed E-state index contributed by atoms with van der Waals surface area (Å²) in [5.41, 5.74) is 0.241. The molecule has 0 spiro atoms. The van der Waals surface area contributed by atoms with E-state index in [-0.39, 0.29) is 5.56 Å². The maximum Gasteiger partial charge on any atom is 0.482 e. The van der Waals surface area contributed by atoms with Gasteiger partial charge in [-0.1, -0.05) is 17.9 Å². The lowest BCUT2D eigenvalue weighted by Crippen LogP contribution is -2.19. The molecule has 0 amide bonds. The predicted octanol–water partition coefficient (Wildman–Crippen LogP) is 3.39. The van der Waals surface area contributed by atoms with E-state index in [4.69, 9.17) is 4.74 Å². The molecule has 0 bridgehead atoms. The summed E-state index contributed by atoms with van der Waals surface area (Å²) in [5.74, 6) is 0.531. The average Bonchev–Trinajstić information content (AvgIpc) is 2.01. The second kappa shape index (κ2) is 4.25. The molecule has 78 valence electrons. The number of hydrogen-bond acceptors (Lipinski definition) is 1. The molecular weight excluding hydrogens is 260 g/mol. The van der Waals surface area contributed by atoms with Gasteiger partial charge in [-0.3, -0.25) is 0 Å². The number of halogens is 4. The third kappa shape index (κ3) is 3.25. The second-order valence-electron chi connectivity index (χ2n) is 2.88. The van der Waals surface area contributed by atoms with E-state index in [1.54, 1.807) is 0 Å². The number of ether oxygens (including phenoxy) is 1. The number of hydrogen-bond donors (Lipinski definition) is 0. The van der Waals surface area contributed by atoms with Gasteiger partial charge in [0.15, 0.2) is 0 Å². The first-order chi connectivity index (χ1) is 6.42. The summed E-state index contributed by atoms with van der Waals surface area (Å²) in [5, 5.41) is 0. The first kappa shape index (κ1) is 11.4. The van der Waals surface area contributed by atoms with Crippen LogP contribution in [0.1, 0.15) is 5.56 Å². The Labute approximate surface area is 88.4 Å². The highest BCUT2D eigenvalue weighted by Gasteiger charge is 2.23. The van der Waals surface area contributed by atoms with Gasteiger partial charge >= 0.3 is 6.98 Å². The molecule has 0 aliphatic heterocycles. The summed E-state index contributed by atoms with van der Waals surface area (Å²) < 4.78 is 41.7. The summed E-state index contributed by atoms with van der Waals surface area (Å²) in [6.07, 6.45) is -0.859. The molecule has 1 aromatic rings. The van der Waals surface area contributed by atoms with Gasteiger partial charge in [0.1, 0.15) is 5.75 Å². The monoisotopic (exact) mass is 267 g/mol. The number of rotatable bonds is 3. The van der Waals surface area contributed by atoms with Crippen molar-refractivity contribution >= 4 is 22.9 Å². The maximum absolute atomic E-state index is 12.1. The molecule has 0 heterocycles. The minimum Gasteiger partial charge on any atom is -0.496 e. The van der Waals surface area contributed by atoms with Crippen molar-refractivity contribution in [2.24, 2.45) is 0 Å². The van der Waals surface area contributed by atoms with Crippen molar-refractivity contribution in [3.63, 3.8) is 0 Å². The van der Waals surface area contributed by atoms with E-state index in [1.807, 2.05) is 0 Å². The molecule has 0 saturated heterocycles. The van der Waals surface area contributed by atoms with E-state index < -0.39 is 13.3 Å². The highest BCUT2D eigenvalue weighted by molar-refractivity contribution is 9.10. The van der Waals surface area contributed by atoms with Crippen LogP contribution in [-0.4, -0.2) is 14.1 Å². The molecule has 0 aliphatic carbocycles. The predicted molar refractivity (Wildman–Crippen MR) is 53.5 cm³/mol. The van der Waals surface area contributed by atoms with Crippen LogP contribution < -0.4 is 4.74 Å². The summed E-state index contributed by atoms with van der Waals surface area (Å²) >= 11 is 3.13. The van der Waals surface area contributed by atoms with Crippen LogP contribution in [0.2, 0.25) is 0 Å². The molecule has 1 aromatic carbocycles. The van der Waals surface area contributed by atoms with Crippen LogP contribution >= 0.6 is 15.9 Å². The number of methoxy groups -OCH3 is 1. The summed E-state index contributed by atoms with van der Waals surface area (Å²) in [7, 11) is 1.47. The van der Waals surface area contributed by atoms with E-state index in [9.17, 15) is 12.9 Å². The van der Waals surface area contributed by atoms with Gasteiger partial charge in [0.2, 0.25) is 0 Å². The molecule has 0 aromatic heterocycles. The molecule has 14 heavy (non-hydrogen) atoms. The maximum atomic E-state index is 12.1. The van der Waals surface area contributed by atoms with Crippen LogP contribution in [0.4, 0.5) is 12.9 Å². The smallest absolute Gasteiger partial charge is 0.482 e. The highest BCUT2D eigenvalue weighted by Crippen LogP contribution is 2.27. The molecular formula is C8H8BBrF3O-. The van der Waals surface area contributed by atoms with Gasteiger partial charge < -0.3 is 17.7 Å². The second-order valence-corrected chi connectivity index (χ2v) is 3.74. The van der Waals surface area contributed by atoms with E-state index in [0.29, 0.717) is 10.2 Å². The van der Waals surface area contributed by atoms with E-state index >= 15 is 0 Å². The van der Waals surface area contributed by atoms with Crippen molar-refractivity contribution in [3.8, 4) is 5.75 Å². The topological polar surface area (TPSA) is 9.23 Å². The SMILES string of the molecule is COc1ccc(C[B-](F)(F)F)cc1Br. The molecule has 0 atom stereocenters. The molecule has 1 nitrogen and oxygen atoms in total. The van der Waals surface area contributed by atoms with Crippen LogP contribution in [0.25, 0.3) is 0 Å². The zero-order valence-corrected chi connectivity index (χ0v) is 9.02. The minimum atomic E-state index is -4.77. The zero-order chi connectivity index (χ0) is 10.8. The quantitative estimate of drug-likeness (QED) is 0.763. The first-order valence-corrected chi connectivity index (χ1v) is 4.75. The fourth-order valence-corrected chi connectivity index (χ4v) is 1.69. The summed E-state index contributed by atoms with van der Waals surface area (Å²) in [6.45, 7) is -4.77. The lowest BCUT2D eigenvalue weighted by Gasteiger charge is -2.14. The van der Waals surface area contributed by atoms with Crippen LogP contribution in [0, 0.1) is 0 Å². The summed E-state index contributed by atoms with van der Waals surface area (Å²) in [4.78, 5) is 0. The van der Waals surface area contributed by atoms with Crippen LogP contribution in [0.15, 0.2) is 22.7 Å². The number of benzene rings is 1. The van der Waals surface area contributed by atoms with E-state index in [1.165, 1.54) is 25.3 Å². The third-order valence-electron chi connectivity index (χ3n) is 1.68. The van der Waals surface area contributed by atoms with Crippen LogP contribution in [0.3, 0.4) is 0 Å². The van der Waals surface area contributed by atoms with E-state index in [2.05, 4.69) is 15.9 Å². The molecule has 0 unspecified atom stereocenters. The molecule has 0 N–H and O–H groups in total. The molecule has 1 rings (SSSR count). The van der Waals surface area contributed by atoms with Crippen molar-refractivity contribution < 1.29 is 17.7 Å². The van der Waals surface area contributed by atoms with Gasteiger partial charge in [-0.05, 0) is 28.1 Å². The third-order valence-corrected chi connectivity index (χ3v) is 2.30. The molecule has 0 fully saturated rings. The molecule has 0 saturated carbocycles. The van der Waals surface area contributed by atoms with Crippen molar-refractivity contribution in [3.05, 3.63) is 28.2 Å². The fourth-order valence-electron chi connectivity index (χ4n) is 1.10. The Bertz CT molecular complexity index is 327. The molecule has 0 aliphatic rings. The first-order valence-electron chi connectivity index (χ1n) is 3.96. The summed E-state index contributed by atoms with van der Waals surface area (Å²) in [6, 6.07) is 4.36. The lowest BCUT2D eigenvalue weighted by atomic mass is 9.82. The molecule has 6 heteroatoms. The van der Waals surface area contributed by atoms with Gasteiger partial charge in [0.25, 0.3) is 0 Å². The van der Waals surface area contributed by atoms with Crippen LogP contribution in [-0.2, 0) is 6.32 Å². The van der Waals surface area contributed by atoms with Crippen molar-refractivity contribution in [1.29, 1.82) is 0 Å². The Morgan fingerprint density at radius 2 is 2.00 bits per heavy atom. The fraction of sp³-hybridized carbons (Fsp3) is 0.250. The van der Waals surface area contributed by atoms with Crippen molar-refractivity contribution in [2.75, 3.05) is 7.11 Å². The lowest BCUT2D eigenvalue weighted by molar-refractivity contribution is 0.412. The highest BCUT2D eigenvalue weighted by atomic mass is 79.9. The standard InChI is InChI=1S/C8H8BBrF3O/c1-14-8-3-2-6(4-7(8)10)5-9(11,12)13/h2-4H,5H2,1H3/q-1. The normalized spacial score (nSPS) is 11.5. The Morgan fingerprint density at radius 1 is 1.36 bits per heavy atom. The Balaban J connectivity index is 2.87. The van der Waals surface area contributed by atoms with Gasteiger partial charge in [-0.15, -0.1) is 0 Å². The Kier molecular flexibility index (Phi) is 3.47. The van der Waals surface area contributed by atoms with Gasteiger partial charge in [-0.2, -0.15) is 0 Å². The Hall–Kier alpha value is -0.645. The zero-order valence-electron chi connectivity index (χ0n) is 7.44. The van der Waals surface area contributed by atoms with Crippen molar-refractivity contribution in [2.45, 2.75) is 6.32 Å². The van der Waals surface area contributed by atoms with Gasteiger partial charge in [0.05, 0.1) is 11.6 Å². The minimum absolute atomic E-state index is 0.241. The van der Waals surface area contributed by atoms with Gasteiger partial charge in [-0.25, -0.2) is 0 Å². The molecule has 0 radical (unpaired) electrons. The van der Waals surface area contributed by atoms with Gasteiger partial charge in [0, 0.05) is 0 Å². The van der Waals surface area contributed by atoms with Crippen molar-refractivity contribution in [1.82, 2.24) is 0 Å². The average molecular weight is 268 g/mol. The Morgan fingerprint density at radius 3 is 2.43 bits per heavy atom.